The molecule has 0 saturated carbocycles. The summed E-state index contributed by atoms with van der Waals surface area (Å²) < 4.78 is 5.12. The average Bonchev–Trinajstić information content (AvgIpc) is 3.04. The fourth-order valence-electron chi connectivity index (χ4n) is 2.28. The minimum atomic E-state index is -0.264. The van der Waals surface area contributed by atoms with Crippen LogP contribution < -0.4 is 10.6 Å². The van der Waals surface area contributed by atoms with Gasteiger partial charge < -0.3 is 15.2 Å². The van der Waals surface area contributed by atoms with E-state index in [0.29, 0.717) is 17.3 Å². The van der Waals surface area contributed by atoms with Crippen molar-refractivity contribution in [1.29, 1.82) is 0 Å². The first-order chi connectivity index (χ1) is 10.7. The summed E-state index contributed by atoms with van der Waals surface area (Å²) in [5, 5.41) is 10.6. The van der Waals surface area contributed by atoms with Crippen LogP contribution in [-0.2, 0) is 0 Å². The van der Waals surface area contributed by atoms with Gasteiger partial charge in [0.05, 0.1) is 0 Å². The van der Waals surface area contributed by atoms with Gasteiger partial charge in [0.25, 0.3) is 5.91 Å². The number of hydrogen-bond acceptors (Lipinski definition) is 4. The number of rotatable bonds is 4. The lowest BCUT2D eigenvalue weighted by molar-refractivity contribution is 0.0920. The van der Waals surface area contributed by atoms with Gasteiger partial charge in [-0.15, -0.1) is 12.4 Å². The zero-order chi connectivity index (χ0) is 15.4. The highest BCUT2D eigenvalue weighted by Crippen LogP contribution is 2.22. The summed E-state index contributed by atoms with van der Waals surface area (Å²) in [7, 11) is 0. The van der Waals surface area contributed by atoms with Gasteiger partial charge >= 0.3 is 0 Å². The van der Waals surface area contributed by atoms with Gasteiger partial charge in [-0.3, -0.25) is 4.79 Å². The van der Waals surface area contributed by atoms with Crippen LogP contribution in [0.1, 0.15) is 17.0 Å². The lowest BCUT2D eigenvalue weighted by Crippen LogP contribution is -2.29. The fourth-order valence-corrected chi connectivity index (χ4v) is 2.47. The molecule has 1 amide bonds. The quantitative estimate of drug-likeness (QED) is 0.829. The molecule has 2 aromatic rings. The van der Waals surface area contributed by atoms with Crippen LogP contribution in [0, 0.1) is 0 Å². The third-order valence-corrected chi connectivity index (χ3v) is 3.72. The summed E-state index contributed by atoms with van der Waals surface area (Å²) in [4.78, 5) is 12.1. The first kappa shape index (κ1) is 17.5. The number of carbonyl (C=O) groups excluding carboxylic acids is 1. The van der Waals surface area contributed by atoms with E-state index in [4.69, 9.17) is 16.1 Å². The number of benzene rings is 1. The molecule has 0 spiro atoms. The van der Waals surface area contributed by atoms with E-state index < -0.39 is 0 Å². The molecule has 3 rings (SSSR count). The minimum Gasteiger partial charge on any atom is -0.350 e. The van der Waals surface area contributed by atoms with Crippen molar-refractivity contribution in [3.63, 3.8) is 0 Å². The molecule has 2 N–H and O–H groups in total. The highest BCUT2D eigenvalue weighted by atomic mass is 35.5. The Balaban J connectivity index is 0.00000192. The van der Waals surface area contributed by atoms with E-state index in [-0.39, 0.29) is 24.1 Å². The predicted octanol–water partition coefficient (Wildman–Crippen LogP) is 3.07. The summed E-state index contributed by atoms with van der Waals surface area (Å²) >= 11 is 5.95. The number of nitrogens with one attached hydrogen (secondary N) is 2. The summed E-state index contributed by atoms with van der Waals surface area (Å²) in [6.07, 6.45) is 3.05. The van der Waals surface area contributed by atoms with Crippen molar-refractivity contribution in [2.24, 2.45) is 0 Å². The number of aromatic nitrogens is 1. The van der Waals surface area contributed by atoms with Crippen LogP contribution in [0.4, 0.5) is 0 Å². The molecule has 0 bridgehead atoms. The lowest BCUT2D eigenvalue weighted by atomic mass is 10.1. The molecule has 2 heterocycles. The summed E-state index contributed by atoms with van der Waals surface area (Å²) in [6, 6.07) is 8.88. The zero-order valence-corrected chi connectivity index (χ0v) is 13.9. The Kier molecular flexibility index (Phi) is 6.21. The second-order valence-electron chi connectivity index (χ2n) is 5.09. The van der Waals surface area contributed by atoms with Crippen LogP contribution in [-0.4, -0.2) is 30.7 Å². The van der Waals surface area contributed by atoms with Crippen LogP contribution >= 0.6 is 24.0 Å². The standard InChI is InChI=1S/C16H16ClN3O2.ClH/c17-13-3-1-2-12(8-13)14-9-15(22-20-14)16(21)19-10-11-4-6-18-7-5-11;/h1-4,8-9,18H,5-7,10H2,(H,19,21);1H. The summed E-state index contributed by atoms with van der Waals surface area (Å²) in [5.41, 5.74) is 2.63. The van der Waals surface area contributed by atoms with Gasteiger partial charge in [0.1, 0.15) is 5.69 Å². The largest absolute Gasteiger partial charge is 0.350 e. The van der Waals surface area contributed by atoms with Gasteiger partial charge in [-0.05, 0) is 25.1 Å². The molecule has 7 heteroatoms. The average molecular weight is 354 g/mol. The number of nitrogens with zero attached hydrogens (tertiary/aromatic N) is 1. The molecule has 122 valence electrons. The van der Waals surface area contributed by atoms with Crippen LogP contribution in [0.15, 0.2) is 46.5 Å². The third-order valence-electron chi connectivity index (χ3n) is 3.49. The van der Waals surface area contributed by atoms with E-state index in [1.54, 1.807) is 18.2 Å². The van der Waals surface area contributed by atoms with Gasteiger partial charge in [-0.25, -0.2) is 0 Å². The molecule has 0 unspecified atom stereocenters. The molecule has 0 fully saturated rings. The second-order valence-corrected chi connectivity index (χ2v) is 5.52. The van der Waals surface area contributed by atoms with Crippen LogP contribution in [0.25, 0.3) is 11.3 Å². The van der Waals surface area contributed by atoms with Gasteiger partial charge in [0, 0.05) is 29.7 Å². The smallest absolute Gasteiger partial charge is 0.290 e. The predicted molar refractivity (Wildman–Crippen MR) is 92.1 cm³/mol. The van der Waals surface area contributed by atoms with Crippen molar-refractivity contribution in [2.45, 2.75) is 6.42 Å². The fraction of sp³-hybridized carbons (Fsp3) is 0.250. The Bertz CT molecular complexity index is 713. The van der Waals surface area contributed by atoms with Gasteiger partial charge in [-0.1, -0.05) is 40.5 Å². The molecule has 0 radical (unpaired) electrons. The van der Waals surface area contributed by atoms with Gasteiger partial charge in [0.15, 0.2) is 0 Å². The molecular weight excluding hydrogens is 337 g/mol. The molecule has 1 aliphatic rings. The molecule has 23 heavy (non-hydrogen) atoms. The highest BCUT2D eigenvalue weighted by Gasteiger charge is 2.14. The Morgan fingerprint density at radius 2 is 2.26 bits per heavy atom. The van der Waals surface area contributed by atoms with Crippen molar-refractivity contribution in [2.75, 3.05) is 19.6 Å². The first-order valence-corrected chi connectivity index (χ1v) is 7.49. The molecule has 0 saturated heterocycles. The van der Waals surface area contributed by atoms with Crippen LogP contribution in [0.3, 0.4) is 0 Å². The molecular formula is C16H17Cl2N3O2. The SMILES string of the molecule is Cl.O=C(NCC1=CCNCC1)c1cc(-c2cccc(Cl)c2)no1. The molecule has 0 aliphatic carbocycles. The first-order valence-electron chi connectivity index (χ1n) is 7.12. The van der Waals surface area contributed by atoms with Crippen molar-refractivity contribution in [3.8, 4) is 11.3 Å². The van der Waals surface area contributed by atoms with Gasteiger partial charge in [-0.2, -0.15) is 0 Å². The zero-order valence-electron chi connectivity index (χ0n) is 12.3. The van der Waals surface area contributed by atoms with E-state index >= 15 is 0 Å². The molecule has 1 aromatic carbocycles. The van der Waals surface area contributed by atoms with Crippen molar-refractivity contribution in [1.82, 2.24) is 15.8 Å². The van der Waals surface area contributed by atoms with E-state index in [2.05, 4.69) is 21.9 Å². The highest BCUT2D eigenvalue weighted by molar-refractivity contribution is 6.30. The minimum absolute atomic E-state index is 0. The van der Waals surface area contributed by atoms with E-state index in [1.807, 2.05) is 12.1 Å². The second kappa shape index (κ2) is 8.15. The topological polar surface area (TPSA) is 67.2 Å². The number of hydrogen-bond donors (Lipinski definition) is 2. The van der Waals surface area contributed by atoms with Gasteiger partial charge in [0.2, 0.25) is 5.76 Å². The van der Waals surface area contributed by atoms with Crippen LogP contribution in [0.2, 0.25) is 5.02 Å². The maximum absolute atomic E-state index is 12.1. The van der Waals surface area contributed by atoms with Crippen molar-refractivity contribution >= 4 is 29.9 Å². The molecule has 0 atom stereocenters. The maximum Gasteiger partial charge on any atom is 0.290 e. The van der Waals surface area contributed by atoms with Crippen LogP contribution in [0.5, 0.6) is 0 Å². The van der Waals surface area contributed by atoms with E-state index in [9.17, 15) is 4.79 Å². The third kappa shape index (κ3) is 4.58. The summed E-state index contributed by atoms with van der Waals surface area (Å²) in [6.45, 7) is 2.34. The molecule has 1 aromatic heterocycles. The van der Waals surface area contributed by atoms with Crippen molar-refractivity contribution in [3.05, 3.63) is 52.8 Å². The Labute approximate surface area is 145 Å². The Hall–Kier alpha value is -1.82. The number of amides is 1. The van der Waals surface area contributed by atoms with E-state index in [0.717, 1.165) is 25.1 Å². The van der Waals surface area contributed by atoms with E-state index in [1.165, 1.54) is 5.57 Å². The maximum atomic E-state index is 12.1. The summed E-state index contributed by atoms with van der Waals surface area (Å²) in [5.74, 6) is -0.0651. The van der Waals surface area contributed by atoms with Crippen molar-refractivity contribution < 1.29 is 9.32 Å². The molecule has 1 aliphatic heterocycles. The molecule has 5 nitrogen and oxygen atoms in total. The number of halogens is 2. The number of carbonyl (C=O) groups is 1. The normalized spacial score (nSPS) is 13.9. The monoisotopic (exact) mass is 353 g/mol. The lowest BCUT2D eigenvalue weighted by Gasteiger charge is -2.13. The Morgan fingerprint density at radius 3 is 3.00 bits per heavy atom. The Morgan fingerprint density at radius 1 is 1.39 bits per heavy atom.